The average molecular weight is 508 g/mol. The fourth-order valence-electron chi connectivity index (χ4n) is 4.68. The number of methoxy groups -OCH3 is 1. The van der Waals surface area contributed by atoms with E-state index in [4.69, 9.17) is 38.8 Å². The molecule has 1 spiro atoms. The molecule has 1 aliphatic carbocycles. The summed E-state index contributed by atoms with van der Waals surface area (Å²) in [7, 11) is 3.69. The van der Waals surface area contributed by atoms with Gasteiger partial charge in [-0.2, -0.15) is 0 Å². The van der Waals surface area contributed by atoms with Crippen molar-refractivity contribution < 1.29 is 38.6 Å². The standard InChI is InChI=1S/C21H29N5O4.2CH2O2/c1-24(13-15-3-4-15)14-16-12-22-20-21(29-10-9-26(16)20)5-7-25(8-6-21)19(27)17-11-18(28-2)23-30-17;2*2-1-3/h11-12,15H,3-10,13-14H2,1-2H3;2*1H,(H,2,3). The van der Waals surface area contributed by atoms with Crippen LogP contribution >= 0.6 is 0 Å². The van der Waals surface area contributed by atoms with Crippen LogP contribution in [0.4, 0.5) is 0 Å². The fourth-order valence-corrected chi connectivity index (χ4v) is 4.68. The van der Waals surface area contributed by atoms with Crippen LogP contribution < -0.4 is 4.74 Å². The van der Waals surface area contributed by atoms with Gasteiger partial charge in [-0.1, -0.05) is 0 Å². The van der Waals surface area contributed by atoms with Gasteiger partial charge in [0.1, 0.15) is 11.4 Å². The first-order valence-corrected chi connectivity index (χ1v) is 11.7. The van der Waals surface area contributed by atoms with Gasteiger partial charge < -0.3 is 38.6 Å². The highest BCUT2D eigenvalue weighted by atomic mass is 16.5. The van der Waals surface area contributed by atoms with Gasteiger partial charge in [0.25, 0.3) is 24.7 Å². The number of piperidine rings is 1. The number of fused-ring (bicyclic) bond motifs is 2. The number of hydrogen-bond acceptors (Lipinski definition) is 9. The number of hydrogen-bond donors (Lipinski definition) is 2. The number of aromatic nitrogens is 3. The van der Waals surface area contributed by atoms with Gasteiger partial charge in [-0.3, -0.25) is 14.4 Å². The third-order valence-electron chi connectivity index (χ3n) is 6.50. The topological polar surface area (TPSA) is 160 Å². The van der Waals surface area contributed by atoms with E-state index < -0.39 is 5.60 Å². The van der Waals surface area contributed by atoms with Crippen molar-refractivity contribution in [2.45, 2.75) is 44.4 Å². The molecule has 2 aromatic rings. The molecule has 5 rings (SSSR count). The molecule has 0 bridgehead atoms. The molecule has 1 amide bonds. The Kier molecular flexibility index (Phi) is 9.42. The molecule has 2 aromatic heterocycles. The lowest BCUT2D eigenvalue weighted by molar-refractivity contribution is -0.123. The Morgan fingerprint density at radius 3 is 2.50 bits per heavy atom. The summed E-state index contributed by atoms with van der Waals surface area (Å²) in [6.07, 6.45) is 6.17. The van der Waals surface area contributed by atoms with E-state index >= 15 is 0 Å². The van der Waals surface area contributed by atoms with Crippen molar-refractivity contribution in [1.29, 1.82) is 0 Å². The molecule has 4 heterocycles. The molecule has 1 saturated carbocycles. The van der Waals surface area contributed by atoms with Gasteiger partial charge in [-0.25, -0.2) is 4.98 Å². The second-order valence-corrected chi connectivity index (χ2v) is 8.94. The second-order valence-electron chi connectivity index (χ2n) is 8.94. The number of imidazole rings is 1. The van der Waals surface area contributed by atoms with Crippen LogP contribution in [-0.2, 0) is 33.0 Å². The highest BCUT2D eigenvalue weighted by Crippen LogP contribution is 2.39. The highest BCUT2D eigenvalue weighted by Gasteiger charge is 2.44. The average Bonchev–Trinajstić information content (AvgIpc) is 3.38. The molecule has 0 unspecified atom stereocenters. The Hall–Kier alpha value is -3.45. The minimum Gasteiger partial charge on any atom is -0.483 e. The van der Waals surface area contributed by atoms with Crippen LogP contribution in [-0.4, -0.2) is 94.0 Å². The largest absolute Gasteiger partial charge is 0.483 e. The Labute approximate surface area is 208 Å². The number of carboxylic acid groups (broad SMARTS) is 2. The van der Waals surface area contributed by atoms with Crippen LogP contribution in [0.3, 0.4) is 0 Å². The van der Waals surface area contributed by atoms with Crippen molar-refractivity contribution in [3.8, 4) is 5.88 Å². The molecule has 198 valence electrons. The zero-order valence-electron chi connectivity index (χ0n) is 20.5. The van der Waals surface area contributed by atoms with Crippen molar-refractivity contribution >= 4 is 18.9 Å². The van der Waals surface area contributed by atoms with E-state index in [2.05, 4.69) is 21.7 Å². The molecular formula is C23H33N5O8. The number of nitrogens with zero attached hydrogens (tertiary/aromatic N) is 5. The number of ether oxygens (including phenoxy) is 2. The summed E-state index contributed by atoms with van der Waals surface area (Å²) in [6.45, 7) is 4.26. The number of likely N-dealkylation sites (tertiary alicyclic amines) is 1. The molecule has 0 aromatic carbocycles. The molecule has 2 N–H and O–H groups in total. The van der Waals surface area contributed by atoms with E-state index in [0.29, 0.717) is 25.6 Å². The van der Waals surface area contributed by atoms with E-state index in [9.17, 15) is 4.79 Å². The molecule has 36 heavy (non-hydrogen) atoms. The van der Waals surface area contributed by atoms with Gasteiger partial charge in [-0.15, -0.1) is 0 Å². The van der Waals surface area contributed by atoms with Crippen LogP contribution in [0.25, 0.3) is 0 Å². The van der Waals surface area contributed by atoms with Gasteiger partial charge in [0.2, 0.25) is 5.76 Å². The van der Waals surface area contributed by atoms with Crippen molar-refractivity contribution in [2.75, 3.05) is 40.4 Å². The predicted molar refractivity (Wildman–Crippen MR) is 124 cm³/mol. The van der Waals surface area contributed by atoms with Crippen molar-refractivity contribution in [1.82, 2.24) is 24.5 Å². The first-order valence-electron chi connectivity index (χ1n) is 11.7. The summed E-state index contributed by atoms with van der Waals surface area (Å²) in [5.41, 5.74) is 0.838. The number of carbonyl (C=O) groups excluding carboxylic acids is 1. The molecule has 3 aliphatic rings. The molecule has 2 fully saturated rings. The third-order valence-corrected chi connectivity index (χ3v) is 6.50. The quantitative estimate of drug-likeness (QED) is 0.542. The summed E-state index contributed by atoms with van der Waals surface area (Å²) in [6, 6.07) is 1.53. The molecule has 2 aliphatic heterocycles. The Balaban J connectivity index is 0.000000550. The zero-order chi connectivity index (χ0) is 26.1. The lowest BCUT2D eigenvalue weighted by Gasteiger charge is -2.43. The maximum atomic E-state index is 12.7. The molecular weight excluding hydrogens is 474 g/mol. The molecule has 0 radical (unpaired) electrons. The van der Waals surface area contributed by atoms with Crippen LogP contribution in [0, 0.1) is 5.92 Å². The van der Waals surface area contributed by atoms with E-state index in [1.54, 1.807) is 4.90 Å². The van der Waals surface area contributed by atoms with Gasteiger partial charge >= 0.3 is 0 Å². The Morgan fingerprint density at radius 1 is 1.25 bits per heavy atom. The highest BCUT2D eigenvalue weighted by molar-refractivity contribution is 5.91. The number of amides is 1. The van der Waals surface area contributed by atoms with Crippen LogP contribution in [0.2, 0.25) is 0 Å². The van der Waals surface area contributed by atoms with Crippen molar-refractivity contribution in [2.24, 2.45) is 5.92 Å². The monoisotopic (exact) mass is 507 g/mol. The Bertz CT molecular complexity index is 1000. The maximum absolute atomic E-state index is 12.7. The molecule has 13 heteroatoms. The number of rotatable bonds is 6. The first kappa shape index (κ1) is 27.1. The van der Waals surface area contributed by atoms with E-state index in [-0.39, 0.29) is 24.6 Å². The Morgan fingerprint density at radius 2 is 1.92 bits per heavy atom. The fraction of sp³-hybridized carbons (Fsp3) is 0.609. The summed E-state index contributed by atoms with van der Waals surface area (Å²) in [4.78, 5) is 38.4. The summed E-state index contributed by atoms with van der Waals surface area (Å²) < 4.78 is 18.8. The lowest BCUT2D eigenvalue weighted by Crippen LogP contribution is -2.49. The molecule has 1 saturated heterocycles. The van der Waals surface area contributed by atoms with Crippen LogP contribution in [0.5, 0.6) is 5.88 Å². The molecule has 13 nitrogen and oxygen atoms in total. The molecule has 0 atom stereocenters. The minimum absolute atomic E-state index is 0.165. The van der Waals surface area contributed by atoms with Crippen molar-refractivity contribution in [3.63, 3.8) is 0 Å². The summed E-state index contributed by atoms with van der Waals surface area (Å²) in [5, 5.41) is 17.5. The van der Waals surface area contributed by atoms with Gasteiger partial charge in [0, 0.05) is 51.8 Å². The third kappa shape index (κ3) is 6.40. The normalized spacial score (nSPS) is 17.8. The summed E-state index contributed by atoms with van der Waals surface area (Å²) in [5.74, 6) is 2.23. The van der Waals surface area contributed by atoms with E-state index in [1.165, 1.54) is 31.7 Å². The SMILES string of the molecule is COc1cc(C(=O)N2CCC3(CC2)OCCn2c(CN(C)CC4CC4)cnc23)on1.O=CO.O=CO. The lowest BCUT2D eigenvalue weighted by atomic mass is 9.89. The predicted octanol–water partition coefficient (Wildman–Crippen LogP) is 1.28. The van der Waals surface area contributed by atoms with E-state index in [1.807, 2.05) is 6.20 Å². The van der Waals surface area contributed by atoms with Gasteiger partial charge in [0.15, 0.2) is 0 Å². The maximum Gasteiger partial charge on any atom is 0.292 e. The van der Waals surface area contributed by atoms with Gasteiger partial charge in [0.05, 0.1) is 25.5 Å². The van der Waals surface area contributed by atoms with Crippen LogP contribution in [0.1, 0.15) is 47.8 Å². The van der Waals surface area contributed by atoms with Gasteiger partial charge in [-0.05, 0) is 31.0 Å². The number of carbonyl (C=O) groups is 3. The second kappa shape index (κ2) is 12.5. The smallest absolute Gasteiger partial charge is 0.292 e. The van der Waals surface area contributed by atoms with Crippen molar-refractivity contribution in [3.05, 3.63) is 29.5 Å². The minimum atomic E-state index is -0.415. The summed E-state index contributed by atoms with van der Waals surface area (Å²) >= 11 is 0. The first-order chi connectivity index (χ1) is 17.4. The zero-order valence-corrected chi connectivity index (χ0v) is 20.5. The van der Waals surface area contributed by atoms with E-state index in [0.717, 1.165) is 44.2 Å². The van der Waals surface area contributed by atoms with Crippen LogP contribution in [0.15, 0.2) is 16.8 Å².